The van der Waals surface area contributed by atoms with Gasteiger partial charge in [-0.2, -0.15) is 0 Å². The number of ether oxygens (including phenoxy) is 1. The summed E-state index contributed by atoms with van der Waals surface area (Å²) in [6, 6.07) is 4.11. The molecule has 192 valence electrons. The Hall–Kier alpha value is -3.99. The molecule has 1 fully saturated rings. The standard InChI is InChI=1S/C25H33FN8O2/c1-6-23(35)30-19-11-20(31-25-29-15-18(26)24(32-25)16(13-27)14-28-2)22(36-5)12-21(19)34-9-7-17(8-10-34)33(3)4/h6,11-15,17H,1,7-10,27H2,2-5H3,(H,30,35)(H,29,31,32). The largest absolute Gasteiger partial charge is 0.494 e. The molecule has 1 amide bonds. The van der Waals surface area contributed by atoms with Gasteiger partial charge >= 0.3 is 0 Å². The van der Waals surface area contributed by atoms with Crippen LogP contribution in [0.2, 0.25) is 0 Å². The summed E-state index contributed by atoms with van der Waals surface area (Å²) in [6.45, 7) is 5.21. The number of hydrogen-bond acceptors (Lipinski definition) is 9. The number of rotatable bonds is 9. The highest BCUT2D eigenvalue weighted by atomic mass is 19.1. The summed E-state index contributed by atoms with van der Waals surface area (Å²) in [4.78, 5) is 28.9. The summed E-state index contributed by atoms with van der Waals surface area (Å²) in [6.07, 6.45) is 6.88. The molecule has 0 bridgehead atoms. The number of aromatic nitrogens is 2. The molecule has 0 atom stereocenters. The molecule has 36 heavy (non-hydrogen) atoms. The van der Waals surface area contributed by atoms with Crippen LogP contribution < -0.4 is 26.0 Å². The number of allylic oxidation sites excluding steroid dienone is 1. The molecular weight excluding hydrogens is 463 g/mol. The Morgan fingerprint density at radius 2 is 2.06 bits per heavy atom. The van der Waals surface area contributed by atoms with Crippen molar-refractivity contribution in [1.29, 1.82) is 0 Å². The molecule has 11 heteroatoms. The van der Waals surface area contributed by atoms with E-state index in [2.05, 4.69) is 56.1 Å². The van der Waals surface area contributed by atoms with Crippen LogP contribution in [0, 0.1) is 5.82 Å². The van der Waals surface area contributed by atoms with Gasteiger partial charge < -0.3 is 30.9 Å². The van der Waals surface area contributed by atoms with Crippen LogP contribution in [0.5, 0.6) is 5.75 Å². The van der Waals surface area contributed by atoms with E-state index in [1.807, 2.05) is 6.07 Å². The van der Waals surface area contributed by atoms with Crippen molar-refractivity contribution in [2.45, 2.75) is 18.9 Å². The Morgan fingerprint density at radius 3 is 2.64 bits per heavy atom. The van der Waals surface area contributed by atoms with E-state index in [0.717, 1.165) is 37.8 Å². The lowest BCUT2D eigenvalue weighted by molar-refractivity contribution is -0.111. The predicted molar refractivity (Wildman–Crippen MR) is 143 cm³/mol. The van der Waals surface area contributed by atoms with Gasteiger partial charge in [0.15, 0.2) is 5.82 Å². The molecule has 0 radical (unpaired) electrons. The van der Waals surface area contributed by atoms with Crippen LogP contribution in [0.25, 0.3) is 5.57 Å². The molecule has 0 spiro atoms. The predicted octanol–water partition coefficient (Wildman–Crippen LogP) is 3.02. The summed E-state index contributed by atoms with van der Waals surface area (Å²) >= 11 is 0. The quantitative estimate of drug-likeness (QED) is 0.358. The number of halogens is 1. The Morgan fingerprint density at radius 1 is 1.33 bits per heavy atom. The van der Waals surface area contributed by atoms with Gasteiger partial charge in [0.1, 0.15) is 11.4 Å². The topological polar surface area (TPSA) is 121 Å². The molecule has 10 nitrogen and oxygen atoms in total. The van der Waals surface area contributed by atoms with Crippen molar-refractivity contribution in [3.63, 3.8) is 0 Å². The van der Waals surface area contributed by atoms with Gasteiger partial charge in [-0.25, -0.2) is 14.4 Å². The summed E-state index contributed by atoms with van der Waals surface area (Å²) in [7, 11) is 7.28. The second-order valence-electron chi connectivity index (χ2n) is 8.47. The third kappa shape index (κ3) is 6.16. The zero-order valence-corrected chi connectivity index (χ0v) is 21.1. The maximum absolute atomic E-state index is 14.4. The molecule has 2 heterocycles. The van der Waals surface area contributed by atoms with Gasteiger partial charge in [0.25, 0.3) is 0 Å². The van der Waals surface area contributed by atoms with Gasteiger partial charge in [-0.15, -0.1) is 0 Å². The number of anilines is 4. The number of benzene rings is 1. The number of nitrogens with one attached hydrogen (secondary N) is 2. The summed E-state index contributed by atoms with van der Waals surface area (Å²) in [5.74, 6) is -0.350. The zero-order valence-electron chi connectivity index (χ0n) is 21.1. The minimum Gasteiger partial charge on any atom is -0.494 e. The Bertz CT molecular complexity index is 1160. The molecule has 0 saturated carbocycles. The molecule has 1 aromatic heterocycles. The number of hydrogen-bond donors (Lipinski definition) is 3. The molecule has 3 rings (SSSR count). The Balaban J connectivity index is 1.99. The van der Waals surface area contributed by atoms with Crippen molar-refractivity contribution in [3.8, 4) is 5.75 Å². The number of nitrogens with zero attached hydrogens (tertiary/aromatic N) is 5. The van der Waals surface area contributed by atoms with Crippen LogP contribution in [-0.4, -0.2) is 74.4 Å². The maximum atomic E-state index is 14.4. The van der Waals surface area contributed by atoms with Crippen molar-refractivity contribution >= 4 is 40.7 Å². The monoisotopic (exact) mass is 496 g/mol. The fraction of sp³-hybridized carbons (Fsp3) is 0.360. The van der Waals surface area contributed by atoms with Crippen molar-refractivity contribution in [3.05, 3.63) is 48.7 Å². The lowest BCUT2D eigenvalue weighted by Crippen LogP contribution is -2.42. The fourth-order valence-electron chi connectivity index (χ4n) is 4.08. The van der Waals surface area contributed by atoms with Crippen LogP contribution in [0.3, 0.4) is 0 Å². The first-order chi connectivity index (χ1) is 17.3. The third-order valence-electron chi connectivity index (χ3n) is 6.01. The molecule has 1 saturated heterocycles. The minimum absolute atomic E-state index is 0.000124. The average molecular weight is 497 g/mol. The minimum atomic E-state index is -0.639. The summed E-state index contributed by atoms with van der Waals surface area (Å²) in [5.41, 5.74) is 7.83. The maximum Gasteiger partial charge on any atom is 0.247 e. The molecular formula is C25H33FN8O2. The molecule has 0 unspecified atom stereocenters. The van der Waals surface area contributed by atoms with Gasteiger partial charge in [-0.3, -0.25) is 9.79 Å². The zero-order chi connectivity index (χ0) is 26.2. The lowest BCUT2D eigenvalue weighted by atomic mass is 10.0. The van der Waals surface area contributed by atoms with Crippen molar-refractivity contribution < 1.29 is 13.9 Å². The van der Waals surface area contributed by atoms with Crippen molar-refractivity contribution in [2.75, 3.05) is 56.9 Å². The van der Waals surface area contributed by atoms with E-state index in [-0.39, 0.29) is 17.5 Å². The number of amides is 1. The molecule has 1 aromatic carbocycles. The smallest absolute Gasteiger partial charge is 0.247 e. The van der Waals surface area contributed by atoms with Gasteiger partial charge in [-0.05, 0) is 39.1 Å². The second kappa shape index (κ2) is 12.1. The third-order valence-corrected chi connectivity index (χ3v) is 6.01. The van der Waals surface area contributed by atoms with E-state index in [9.17, 15) is 9.18 Å². The van der Waals surface area contributed by atoms with Crippen molar-refractivity contribution in [2.24, 2.45) is 10.7 Å². The Labute approximate surface area is 210 Å². The molecule has 0 aliphatic carbocycles. The molecule has 4 N–H and O–H groups in total. The van der Waals surface area contributed by atoms with E-state index in [0.29, 0.717) is 28.7 Å². The normalized spacial score (nSPS) is 14.8. The molecule has 2 aromatic rings. The van der Waals surface area contributed by atoms with Crippen LogP contribution in [0.4, 0.5) is 27.4 Å². The van der Waals surface area contributed by atoms with E-state index in [1.54, 1.807) is 20.2 Å². The van der Waals surface area contributed by atoms with E-state index in [4.69, 9.17) is 10.5 Å². The number of piperidine rings is 1. The SMILES string of the molecule is C=CC(=O)Nc1cc(Nc2ncc(F)c(C(C=NC)=CN)n2)c(OC)cc1N1CCC(N(C)C)CC1. The first kappa shape index (κ1) is 26.6. The number of nitrogens with two attached hydrogens (primary N) is 1. The molecule has 1 aliphatic heterocycles. The van der Waals surface area contributed by atoms with Crippen LogP contribution in [0.1, 0.15) is 18.5 Å². The highest BCUT2D eigenvalue weighted by Gasteiger charge is 2.24. The number of carbonyl (C=O) groups is 1. The van der Waals surface area contributed by atoms with Gasteiger partial charge in [-0.1, -0.05) is 6.58 Å². The van der Waals surface area contributed by atoms with E-state index < -0.39 is 5.82 Å². The highest BCUT2D eigenvalue weighted by molar-refractivity contribution is 6.09. The number of carbonyl (C=O) groups excluding carboxylic acids is 1. The van der Waals surface area contributed by atoms with Gasteiger partial charge in [0.2, 0.25) is 11.9 Å². The van der Waals surface area contributed by atoms with Crippen LogP contribution in [-0.2, 0) is 4.79 Å². The molecule has 1 aliphatic rings. The van der Waals surface area contributed by atoms with E-state index in [1.165, 1.54) is 18.5 Å². The van der Waals surface area contributed by atoms with E-state index >= 15 is 0 Å². The highest BCUT2D eigenvalue weighted by Crippen LogP contribution is 2.39. The summed E-state index contributed by atoms with van der Waals surface area (Å²) in [5, 5.41) is 5.95. The lowest BCUT2D eigenvalue weighted by Gasteiger charge is -2.37. The summed E-state index contributed by atoms with van der Waals surface area (Å²) < 4.78 is 20.0. The van der Waals surface area contributed by atoms with Gasteiger partial charge in [0, 0.05) is 50.2 Å². The first-order valence-electron chi connectivity index (χ1n) is 11.5. The fourth-order valence-corrected chi connectivity index (χ4v) is 4.08. The van der Waals surface area contributed by atoms with Crippen LogP contribution in [0.15, 0.2) is 42.2 Å². The second-order valence-corrected chi connectivity index (χ2v) is 8.47. The average Bonchev–Trinajstić information content (AvgIpc) is 2.88. The number of aliphatic imine (C=N–C) groups is 1. The first-order valence-corrected chi connectivity index (χ1v) is 11.5. The number of methoxy groups -OCH3 is 1. The van der Waals surface area contributed by atoms with Crippen LogP contribution >= 0.6 is 0 Å². The Kier molecular flexibility index (Phi) is 8.96. The van der Waals surface area contributed by atoms with Gasteiger partial charge in [0.05, 0.1) is 30.4 Å². The van der Waals surface area contributed by atoms with Crippen molar-refractivity contribution in [1.82, 2.24) is 14.9 Å².